The summed E-state index contributed by atoms with van der Waals surface area (Å²) in [4.78, 5) is 0. The number of hydrogen-bond acceptors (Lipinski definition) is 1. The van der Waals surface area contributed by atoms with E-state index in [1.807, 2.05) is 6.92 Å². The summed E-state index contributed by atoms with van der Waals surface area (Å²) in [6, 6.07) is 0. The fourth-order valence-electron chi connectivity index (χ4n) is 1.27. The molecule has 0 aliphatic rings. The molecule has 0 bridgehead atoms. The van der Waals surface area contributed by atoms with Gasteiger partial charge in [0.2, 0.25) is 0 Å². The third-order valence-corrected chi connectivity index (χ3v) is 2.13. The summed E-state index contributed by atoms with van der Waals surface area (Å²) >= 11 is 0. The molecule has 0 aromatic rings. The van der Waals surface area contributed by atoms with Crippen LogP contribution < -0.4 is 0 Å². The SMILES string of the molecule is CC/C=C(/C)[C@H](O)CCCCC. The number of aliphatic hydroxyl groups is 1. The molecule has 0 saturated heterocycles. The van der Waals surface area contributed by atoms with Crippen LogP contribution in [0.5, 0.6) is 0 Å². The van der Waals surface area contributed by atoms with E-state index in [0.29, 0.717) is 0 Å². The molecule has 0 aliphatic heterocycles. The van der Waals surface area contributed by atoms with E-state index >= 15 is 0 Å². The van der Waals surface area contributed by atoms with Gasteiger partial charge in [-0.15, -0.1) is 0 Å². The molecule has 1 nitrogen and oxygen atoms in total. The lowest BCUT2D eigenvalue weighted by molar-refractivity contribution is 0.196. The molecular weight excluding hydrogens is 148 g/mol. The predicted molar refractivity (Wildman–Crippen MR) is 54.2 cm³/mol. The molecule has 0 fully saturated rings. The number of hydrogen-bond donors (Lipinski definition) is 1. The van der Waals surface area contributed by atoms with Crippen LogP contribution >= 0.6 is 0 Å². The normalized spacial score (nSPS) is 14.8. The van der Waals surface area contributed by atoms with Crippen LogP contribution in [0.3, 0.4) is 0 Å². The molecular formula is C11H22O. The van der Waals surface area contributed by atoms with Gasteiger partial charge in [-0.2, -0.15) is 0 Å². The van der Waals surface area contributed by atoms with Gasteiger partial charge in [0.25, 0.3) is 0 Å². The largest absolute Gasteiger partial charge is 0.389 e. The van der Waals surface area contributed by atoms with Crippen LogP contribution in [0.15, 0.2) is 11.6 Å². The van der Waals surface area contributed by atoms with Gasteiger partial charge in [-0.05, 0) is 25.3 Å². The van der Waals surface area contributed by atoms with Crippen molar-refractivity contribution in [3.63, 3.8) is 0 Å². The maximum atomic E-state index is 9.61. The Hall–Kier alpha value is -0.300. The zero-order valence-electron chi connectivity index (χ0n) is 8.64. The van der Waals surface area contributed by atoms with Crippen molar-refractivity contribution in [2.45, 2.75) is 59.0 Å². The first-order chi connectivity index (χ1) is 5.72. The average molecular weight is 170 g/mol. The minimum atomic E-state index is -0.198. The zero-order valence-corrected chi connectivity index (χ0v) is 8.64. The fraction of sp³-hybridized carbons (Fsp3) is 0.818. The van der Waals surface area contributed by atoms with E-state index in [-0.39, 0.29) is 6.10 Å². The van der Waals surface area contributed by atoms with Crippen LogP contribution in [0.4, 0.5) is 0 Å². The standard InChI is InChI=1S/C11H22O/c1-4-6-7-9-11(12)10(3)8-5-2/h8,11-12H,4-7,9H2,1-3H3/b10-8-/t11-/m1/s1. The van der Waals surface area contributed by atoms with Crippen LogP contribution in [0, 0.1) is 0 Å². The maximum absolute atomic E-state index is 9.61. The molecule has 0 spiro atoms. The smallest absolute Gasteiger partial charge is 0.0747 e. The molecule has 1 heteroatoms. The first kappa shape index (κ1) is 11.7. The number of aliphatic hydroxyl groups excluding tert-OH is 1. The third kappa shape index (κ3) is 5.36. The van der Waals surface area contributed by atoms with Gasteiger partial charge in [-0.1, -0.05) is 39.2 Å². The topological polar surface area (TPSA) is 20.2 Å². The van der Waals surface area contributed by atoms with Crippen molar-refractivity contribution < 1.29 is 5.11 Å². The van der Waals surface area contributed by atoms with Crippen molar-refractivity contribution >= 4 is 0 Å². The van der Waals surface area contributed by atoms with E-state index in [1.165, 1.54) is 12.8 Å². The summed E-state index contributed by atoms with van der Waals surface area (Å²) in [6.07, 6.45) is 7.46. The van der Waals surface area contributed by atoms with E-state index in [1.54, 1.807) is 0 Å². The van der Waals surface area contributed by atoms with E-state index < -0.39 is 0 Å². The lowest BCUT2D eigenvalue weighted by Gasteiger charge is -2.10. The average Bonchev–Trinajstić information content (AvgIpc) is 2.05. The Labute approximate surface area is 76.5 Å². The Kier molecular flexibility index (Phi) is 7.17. The lowest BCUT2D eigenvalue weighted by Crippen LogP contribution is -2.07. The molecule has 0 rings (SSSR count). The van der Waals surface area contributed by atoms with Gasteiger partial charge in [-0.3, -0.25) is 0 Å². The molecule has 1 atom stereocenters. The predicted octanol–water partition coefficient (Wildman–Crippen LogP) is 3.28. The second-order valence-corrected chi connectivity index (χ2v) is 3.37. The molecule has 0 aromatic heterocycles. The van der Waals surface area contributed by atoms with Crippen molar-refractivity contribution in [1.82, 2.24) is 0 Å². The van der Waals surface area contributed by atoms with Gasteiger partial charge < -0.3 is 5.11 Å². The van der Waals surface area contributed by atoms with E-state index in [2.05, 4.69) is 19.9 Å². The highest BCUT2D eigenvalue weighted by Gasteiger charge is 2.04. The van der Waals surface area contributed by atoms with Crippen LogP contribution in [-0.4, -0.2) is 11.2 Å². The molecule has 0 unspecified atom stereocenters. The number of rotatable bonds is 6. The maximum Gasteiger partial charge on any atom is 0.0747 e. The molecule has 12 heavy (non-hydrogen) atoms. The molecule has 0 radical (unpaired) electrons. The van der Waals surface area contributed by atoms with Crippen LogP contribution in [0.1, 0.15) is 52.9 Å². The summed E-state index contributed by atoms with van der Waals surface area (Å²) < 4.78 is 0. The van der Waals surface area contributed by atoms with E-state index in [9.17, 15) is 5.11 Å². The van der Waals surface area contributed by atoms with Crippen LogP contribution in [-0.2, 0) is 0 Å². The van der Waals surface area contributed by atoms with Gasteiger partial charge in [0.15, 0.2) is 0 Å². The highest BCUT2D eigenvalue weighted by atomic mass is 16.3. The van der Waals surface area contributed by atoms with Gasteiger partial charge in [0, 0.05) is 0 Å². The summed E-state index contributed by atoms with van der Waals surface area (Å²) in [5.41, 5.74) is 1.13. The third-order valence-electron chi connectivity index (χ3n) is 2.13. The first-order valence-corrected chi connectivity index (χ1v) is 5.07. The summed E-state index contributed by atoms with van der Waals surface area (Å²) in [5, 5.41) is 9.61. The minimum Gasteiger partial charge on any atom is -0.389 e. The van der Waals surface area contributed by atoms with Crippen molar-refractivity contribution in [1.29, 1.82) is 0 Å². The molecule has 0 aliphatic carbocycles. The van der Waals surface area contributed by atoms with Crippen molar-refractivity contribution in [3.8, 4) is 0 Å². The molecule has 0 aromatic carbocycles. The molecule has 0 heterocycles. The molecule has 72 valence electrons. The Morgan fingerprint density at radius 2 is 2.00 bits per heavy atom. The van der Waals surface area contributed by atoms with Crippen LogP contribution in [0.2, 0.25) is 0 Å². The second kappa shape index (κ2) is 7.35. The molecule has 0 amide bonds. The minimum absolute atomic E-state index is 0.198. The van der Waals surface area contributed by atoms with Gasteiger partial charge in [0.05, 0.1) is 6.10 Å². The molecule has 1 N–H and O–H groups in total. The van der Waals surface area contributed by atoms with Crippen molar-refractivity contribution in [3.05, 3.63) is 11.6 Å². The fourth-order valence-corrected chi connectivity index (χ4v) is 1.27. The highest BCUT2D eigenvalue weighted by molar-refractivity contribution is 5.03. The van der Waals surface area contributed by atoms with Crippen molar-refractivity contribution in [2.75, 3.05) is 0 Å². The van der Waals surface area contributed by atoms with Gasteiger partial charge in [0.1, 0.15) is 0 Å². The Morgan fingerprint density at radius 3 is 2.50 bits per heavy atom. The first-order valence-electron chi connectivity index (χ1n) is 5.07. The van der Waals surface area contributed by atoms with Gasteiger partial charge in [-0.25, -0.2) is 0 Å². The van der Waals surface area contributed by atoms with Crippen molar-refractivity contribution in [2.24, 2.45) is 0 Å². The zero-order chi connectivity index (χ0) is 9.40. The second-order valence-electron chi connectivity index (χ2n) is 3.37. The van der Waals surface area contributed by atoms with Crippen LogP contribution in [0.25, 0.3) is 0 Å². The summed E-state index contributed by atoms with van der Waals surface area (Å²) in [7, 11) is 0. The van der Waals surface area contributed by atoms with E-state index in [0.717, 1.165) is 24.8 Å². The van der Waals surface area contributed by atoms with Gasteiger partial charge >= 0.3 is 0 Å². The summed E-state index contributed by atoms with van der Waals surface area (Å²) in [5.74, 6) is 0. The summed E-state index contributed by atoms with van der Waals surface area (Å²) in [6.45, 7) is 6.30. The number of unbranched alkanes of at least 4 members (excludes halogenated alkanes) is 2. The van der Waals surface area contributed by atoms with E-state index in [4.69, 9.17) is 0 Å². The molecule has 0 saturated carbocycles. The Balaban J connectivity index is 3.56. The Bertz CT molecular complexity index is 127. The quantitative estimate of drug-likeness (QED) is 0.479. The monoisotopic (exact) mass is 170 g/mol. The highest BCUT2D eigenvalue weighted by Crippen LogP contribution is 2.11. The Morgan fingerprint density at radius 1 is 1.33 bits per heavy atom. The number of allylic oxidation sites excluding steroid dienone is 1. The lowest BCUT2D eigenvalue weighted by atomic mass is 10.0.